The minimum absolute atomic E-state index is 0.728. The minimum atomic E-state index is 0.728. The van der Waals surface area contributed by atoms with Crippen molar-refractivity contribution in [2.75, 3.05) is 19.8 Å². The summed E-state index contributed by atoms with van der Waals surface area (Å²) < 4.78 is 11.3. The lowest BCUT2D eigenvalue weighted by atomic mass is 10.2. The molecule has 0 aliphatic carbocycles. The first-order valence-electron chi connectivity index (χ1n) is 7.40. The summed E-state index contributed by atoms with van der Waals surface area (Å²) in [5.41, 5.74) is 2.52. The molecule has 21 heavy (non-hydrogen) atoms. The fourth-order valence-corrected chi connectivity index (χ4v) is 2.33. The molecule has 4 heteroatoms. The van der Waals surface area contributed by atoms with E-state index in [0.29, 0.717) is 0 Å². The Morgan fingerprint density at radius 2 is 1.76 bits per heavy atom. The highest BCUT2D eigenvalue weighted by molar-refractivity contribution is 5.43. The van der Waals surface area contributed by atoms with Crippen LogP contribution in [0.25, 0.3) is 0 Å². The number of nitrogens with one attached hydrogen (secondary N) is 1. The molecule has 0 bridgehead atoms. The fourth-order valence-electron chi connectivity index (χ4n) is 2.33. The van der Waals surface area contributed by atoms with Crippen molar-refractivity contribution in [3.8, 4) is 11.5 Å². The quantitative estimate of drug-likeness (QED) is 0.857. The maximum atomic E-state index is 5.71. The minimum Gasteiger partial charge on any atom is -0.490 e. The summed E-state index contributed by atoms with van der Waals surface area (Å²) >= 11 is 0. The van der Waals surface area contributed by atoms with Gasteiger partial charge in [0.05, 0.1) is 13.2 Å². The second-order valence-corrected chi connectivity index (χ2v) is 5.11. The molecule has 0 fully saturated rings. The number of pyridine rings is 1. The summed E-state index contributed by atoms with van der Waals surface area (Å²) in [4.78, 5) is 4.02. The summed E-state index contributed by atoms with van der Waals surface area (Å²) in [5, 5.41) is 3.46. The van der Waals surface area contributed by atoms with Crippen LogP contribution in [-0.2, 0) is 13.0 Å². The highest BCUT2D eigenvalue weighted by Gasteiger charge is 2.10. The van der Waals surface area contributed by atoms with E-state index in [2.05, 4.69) is 34.6 Å². The largest absolute Gasteiger partial charge is 0.490 e. The van der Waals surface area contributed by atoms with Gasteiger partial charge in [0.15, 0.2) is 11.5 Å². The molecule has 1 aromatic heterocycles. The average Bonchev–Trinajstić information content (AvgIpc) is 2.77. The lowest BCUT2D eigenvalue weighted by Gasteiger charge is -2.10. The second kappa shape index (κ2) is 7.09. The Bertz CT molecular complexity index is 572. The van der Waals surface area contributed by atoms with E-state index < -0.39 is 0 Å². The van der Waals surface area contributed by atoms with Crippen LogP contribution in [0.3, 0.4) is 0 Å². The van der Waals surface area contributed by atoms with Gasteiger partial charge in [-0.25, -0.2) is 0 Å². The van der Waals surface area contributed by atoms with Gasteiger partial charge in [-0.2, -0.15) is 0 Å². The Morgan fingerprint density at radius 3 is 2.62 bits per heavy atom. The van der Waals surface area contributed by atoms with Crippen LogP contribution in [0.1, 0.15) is 17.5 Å². The summed E-state index contributed by atoms with van der Waals surface area (Å²) in [7, 11) is 0. The Hall–Kier alpha value is -2.07. The predicted octanol–water partition coefficient (Wildman–Crippen LogP) is 2.58. The molecule has 0 saturated heterocycles. The molecule has 1 N–H and O–H groups in total. The van der Waals surface area contributed by atoms with Gasteiger partial charge in [0.25, 0.3) is 0 Å². The van der Waals surface area contributed by atoms with Crippen molar-refractivity contribution in [2.24, 2.45) is 0 Å². The van der Waals surface area contributed by atoms with Gasteiger partial charge in [-0.3, -0.25) is 4.98 Å². The Kier molecular flexibility index (Phi) is 4.69. The number of hydrogen-bond donors (Lipinski definition) is 1. The zero-order valence-corrected chi connectivity index (χ0v) is 12.0. The SMILES string of the molecule is c1cc(CCNCc2ccc3c(c2)OCCCO3)ccn1. The molecule has 0 radical (unpaired) electrons. The maximum Gasteiger partial charge on any atom is 0.161 e. The van der Waals surface area contributed by atoms with E-state index in [1.165, 1.54) is 11.1 Å². The normalized spacial score (nSPS) is 13.7. The molecule has 110 valence electrons. The fraction of sp³-hybridized carbons (Fsp3) is 0.353. The molecule has 0 amide bonds. The van der Waals surface area contributed by atoms with Crippen LogP contribution in [0.2, 0.25) is 0 Å². The highest BCUT2D eigenvalue weighted by Crippen LogP contribution is 2.30. The summed E-state index contributed by atoms with van der Waals surface area (Å²) in [5.74, 6) is 1.72. The molecule has 1 aliphatic heterocycles. The van der Waals surface area contributed by atoms with Crippen LogP contribution < -0.4 is 14.8 Å². The zero-order valence-electron chi connectivity index (χ0n) is 12.0. The first-order valence-corrected chi connectivity index (χ1v) is 7.40. The topological polar surface area (TPSA) is 43.4 Å². The van der Waals surface area contributed by atoms with Crippen LogP contribution >= 0.6 is 0 Å². The van der Waals surface area contributed by atoms with E-state index in [1.54, 1.807) is 0 Å². The van der Waals surface area contributed by atoms with Crippen LogP contribution in [0, 0.1) is 0 Å². The first-order chi connectivity index (χ1) is 10.4. The van der Waals surface area contributed by atoms with E-state index in [0.717, 1.165) is 50.6 Å². The van der Waals surface area contributed by atoms with Crippen molar-refractivity contribution in [1.29, 1.82) is 0 Å². The van der Waals surface area contributed by atoms with Gasteiger partial charge in [-0.05, 0) is 48.4 Å². The number of fused-ring (bicyclic) bond motifs is 1. The van der Waals surface area contributed by atoms with Crippen molar-refractivity contribution in [3.05, 3.63) is 53.9 Å². The van der Waals surface area contributed by atoms with Gasteiger partial charge in [0.1, 0.15) is 0 Å². The first kappa shape index (κ1) is 13.9. The molecule has 1 aromatic carbocycles. The van der Waals surface area contributed by atoms with Crippen molar-refractivity contribution in [1.82, 2.24) is 10.3 Å². The maximum absolute atomic E-state index is 5.71. The molecule has 2 aromatic rings. The van der Waals surface area contributed by atoms with Gasteiger partial charge in [0.2, 0.25) is 0 Å². The van der Waals surface area contributed by atoms with E-state index in [9.17, 15) is 0 Å². The van der Waals surface area contributed by atoms with Gasteiger partial charge in [-0.1, -0.05) is 6.07 Å². The molecule has 2 heterocycles. The molecule has 0 atom stereocenters. The summed E-state index contributed by atoms with van der Waals surface area (Å²) in [6.07, 6.45) is 5.61. The van der Waals surface area contributed by atoms with E-state index in [1.807, 2.05) is 18.5 Å². The number of nitrogens with zero attached hydrogens (tertiary/aromatic N) is 1. The van der Waals surface area contributed by atoms with Gasteiger partial charge in [-0.15, -0.1) is 0 Å². The number of hydrogen-bond acceptors (Lipinski definition) is 4. The van der Waals surface area contributed by atoms with Crippen LogP contribution in [0.4, 0.5) is 0 Å². The summed E-state index contributed by atoms with van der Waals surface area (Å²) in [6, 6.07) is 10.3. The van der Waals surface area contributed by atoms with Crippen molar-refractivity contribution in [2.45, 2.75) is 19.4 Å². The number of ether oxygens (including phenoxy) is 2. The second-order valence-electron chi connectivity index (χ2n) is 5.11. The lowest BCUT2D eigenvalue weighted by molar-refractivity contribution is 0.297. The van der Waals surface area contributed by atoms with Gasteiger partial charge >= 0.3 is 0 Å². The molecule has 0 spiro atoms. The Labute approximate surface area is 125 Å². The van der Waals surface area contributed by atoms with E-state index in [-0.39, 0.29) is 0 Å². The predicted molar refractivity (Wildman–Crippen MR) is 81.7 cm³/mol. The van der Waals surface area contributed by atoms with Crippen molar-refractivity contribution in [3.63, 3.8) is 0 Å². The highest BCUT2D eigenvalue weighted by atomic mass is 16.5. The van der Waals surface area contributed by atoms with E-state index >= 15 is 0 Å². The van der Waals surface area contributed by atoms with E-state index in [4.69, 9.17) is 9.47 Å². The van der Waals surface area contributed by atoms with Crippen LogP contribution in [0.5, 0.6) is 11.5 Å². The lowest BCUT2D eigenvalue weighted by Crippen LogP contribution is -2.16. The van der Waals surface area contributed by atoms with Crippen LogP contribution in [0.15, 0.2) is 42.7 Å². The zero-order chi connectivity index (χ0) is 14.3. The Morgan fingerprint density at radius 1 is 0.952 bits per heavy atom. The molecular weight excluding hydrogens is 264 g/mol. The standard InChI is InChI=1S/C17H20N2O2/c1-10-20-16-3-2-15(12-17(16)21-11-1)13-19-9-6-14-4-7-18-8-5-14/h2-5,7-8,12,19H,1,6,9-11,13H2. The third-order valence-electron chi connectivity index (χ3n) is 3.48. The molecule has 0 saturated carbocycles. The Balaban J connectivity index is 1.50. The molecule has 0 unspecified atom stereocenters. The number of rotatable bonds is 5. The molecular formula is C17H20N2O2. The van der Waals surface area contributed by atoms with Crippen molar-refractivity contribution < 1.29 is 9.47 Å². The molecule has 4 nitrogen and oxygen atoms in total. The number of benzene rings is 1. The van der Waals surface area contributed by atoms with Gasteiger partial charge < -0.3 is 14.8 Å². The molecule has 3 rings (SSSR count). The smallest absolute Gasteiger partial charge is 0.161 e. The monoisotopic (exact) mass is 284 g/mol. The average molecular weight is 284 g/mol. The van der Waals surface area contributed by atoms with Gasteiger partial charge in [0, 0.05) is 25.4 Å². The third kappa shape index (κ3) is 3.95. The number of aromatic nitrogens is 1. The summed E-state index contributed by atoms with van der Waals surface area (Å²) in [6.45, 7) is 3.24. The van der Waals surface area contributed by atoms with Crippen molar-refractivity contribution >= 4 is 0 Å². The van der Waals surface area contributed by atoms with Crippen LogP contribution in [-0.4, -0.2) is 24.7 Å². The molecule has 1 aliphatic rings. The third-order valence-corrected chi connectivity index (χ3v) is 3.48.